The van der Waals surface area contributed by atoms with Gasteiger partial charge in [0, 0.05) is 6.54 Å². The molecule has 2 aromatic heterocycles. The fourth-order valence-corrected chi connectivity index (χ4v) is 2.70. The molecular formula is C12H15N3O2S. The zero-order valence-electron chi connectivity index (χ0n) is 10.9. The van der Waals surface area contributed by atoms with Crippen LogP contribution in [0, 0.1) is 13.8 Å². The smallest absolute Gasteiger partial charge is 0.226 e. The van der Waals surface area contributed by atoms with E-state index in [9.17, 15) is 4.79 Å². The van der Waals surface area contributed by atoms with Gasteiger partial charge in [-0.05, 0) is 20.8 Å². The Kier molecular flexibility index (Phi) is 3.47. The Morgan fingerprint density at radius 3 is 2.72 bits per heavy atom. The number of carbonyl (C=O) groups excluding carboxylic acids is 1. The topological polar surface area (TPSA) is 57.0 Å². The van der Waals surface area contributed by atoms with Crippen LogP contribution in [0.2, 0.25) is 0 Å². The van der Waals surface area contributed by atoms with Gasteiger partial charge in [-0.3, -0.25) is 9.48 Å². The molecule has 0 aliphatic heterocycles. The van der Waals surface area contributed by atoms with Crippen molar-refractivity contribution in [2.75, 3.05) is 7.11 Å². The van der Waals surface area contributed by atoms with Gasteiger partial charge in [0.1, 0.15) is 0 Å². The third kappa shape index (κ3) is 2.03. The molecule has 0 radical (unpaired) electrons. The van der Waals surface area contributed by atoms with E-state index >= 15 is 0 Å². The highest BCUT2D eigenvalue weighted by Crippen LogP contribution is 2.26. The summed E-state index contributed by atoms with van der Waals surface area (Å²) in [5.74, 6) is 0.432. The second-order valence-electron chi connectivity index (χ2n) is 3.85. The van der Waals surface area contributed by atoms with Gasteiger partial charge in [-0.15, -0.1) is 11.3 Å². The van der Waals surface area contributed by atoms with E-state index in [0.29, 0.717) is 22.9 Å². The first-order chi connectivity index (χ1) is 8.58. The van der Waals surface area contributed by atoms with Crippen LogP contribution in [0.25, 0.3) is 0 Å². The number of ether oxygens (including phenoxy) is 1. The van der Waals surface area contributed by atoms with Gasteiger partial charge in [0.25, 0.3) is 0 Å². The van der Waals surface area contributed by atoms with E-state index < -0.39 is 0 Å². The van der Waals surface area contributed by atoms with Crippen LogP contribution in [-0.4, -0.2) is 27.7 Å². The molecule has 0 amide bonds. The van der Waals surface area contributed by atoms with E-state index in [-0.39, 0.29) is 5.78 Å². The van der Waals surface area contributed by atoms with Gasteiger partial charge in [0.15, 0.2) is 11.4 Å². The number of hydrogen-bond donors (Lipinski definition) is 0. The van der Waals surface area contributed by atoms with Gasteiger partial charge in [-0.2, -0.15) is 5.10 Å². The van der Waals surface area contributed by atoms with Crippen LogP contribution in [0.5, 0.6) is 5.75 Å². The highest BCUT2D eigenvalue weighted by molar-refractivity contribution is 7.14. The summed E-state index contributed by atoms with van der Waals surface area (Å²) in [4.78, 5) is 17.5. The molecule has 6 heteroatoms. The Morgan fingerprint density at radius 1 is 1.50 bits per heavy atom. The zero-order chi connectivity index (χ0) is 13.3. The first-order valence-electron chi connectivity index (χ1n) is 5.67. The molecule has 0 saturated heterocycles. The molecule has 2 heterocycles. The van der Waals surface area contributed by atoms with Crippen molar-refractivity contribution < 1.29 is 9.53 Å². The maximum absolute atomic E-state index is 12.5. The number of aryl methyl sites for hydroxylation is 3. The van der Waals surface area contributed by atoms with Crippen LogP contribution >= 0.6 is 11.3 Å². The highest BCUT2D eigenvalue weighted by atomic mass is 32.1. The van der Waals surface area contributed by atoms with Gasteiger partial charge in [0.2, 0.25) is 5.78 Å². The monoisotopic (exact) mass is 265 g/mol. The molecule has 2 aromatic rings. The van der Waals surface area contributed by atoms with Crippen molar-refractivity contribution in [3.63, 3.8) is 0 Å². The number of methoxy groups -OCH3 is 1. The minimum absolute atomic E-state index is 0.0747. The van der Waals surface area contributed by atoms with Crippen molar-refractivity contribution >= 4 is 17.1 Å². The maximum Gasteiger partial charge on any atom is 0.226 e. The lowest BCUT2D eigenvalue weighted by Crippen LogP contribution is -2.11. The quantitative estimate of drug-likeness (QED) is 0.795. The standard InChI is InChI=1S/C12H15N3O2S/c1-5-15-10(9(17-4)6-13-15)11(16)12-7(2)14-8(3)18-12/h6H,5H2,1-4H3. The van der Waals surface area contributed by atoms with E-state index in [2.05, 4.69) is 10.1 Å². The second kappa shape index (κ2) is 4.89. The van der Waals surface area contributed by atoms with Crippen molar-refractivity contribution in [2.45, 2.75) is 27.3 Å². The van der Waals surface area contributed by atoms with E-state index in [1.54, 1.807) is 18.0 Å². The van der Waals surface area contributed by atoms with Gasteiger partial charge < -0.3 is 4.74 Å². The first-order valence-corrected chi connectivity index (χ1v) is 6.48. The lowest BCUT2D eigenvalue weighted by atomic mass is 10.2. The Morgan fingerprint density at radius 2 is 2.22 bits per heavy atom. The summed E-state index contributed by atoms with van der Waals surface area (Å²) in [6.45, 7) is 6.30. The second-order valence-corrected chi connectivity index (χ2v) is 5.06. The number of aromatic nitrogens is 3. The third-order valence-electron chi connectivity index (χ3n) is 2.65. The molecule has 96 valence electrons. The van der Waals surface area contributed by atoms with E-state index in [0.717, 1.165) is 10.7 Å². The van der Waals surface area contributed by atoms with Gasteiger partial charge in [-0.25, -0.2) is 4.98 Å². The van der Waals surface area contributed by atoms with Crippen LogP contribution in [0.1, 0.15) is 33.0 Å². The molecule has 0 aliphatic rings. The average molecular weight is 265 g/mol. The van der Waals surface area contributed by atoms with Crippen LogP contribution in [0.15, 0.2) is 6.20 Å². The van der Waals surface area contributed by atoms with Crippen molar-refractivity contribution in [3.05, 3.63) is 27.5 Å². The summed E-state index contributed by atoms with van der Waals surface area (Å²) in [7, 11) is 1.54. The fourth-order valence-electron chi connectivity index (χ4n) is 1.84. The normalized spacial score (nSPS) is 10.7. The average Bonchev–Trinajstić information content (AvgIpc) is 2.90. The fraction of sp³-hybridized carbons (Fsp3) is 0.417. The summed E-state index contributed by atoms with van der Waals surface area (Å²) in [6, 6.07) is 0. The molecule has 5 nitrogen and oxygen atoms in total. The van der Waals surface area contributed by atoms with Crippen molar-refractivity contribution in [3.8, 4) is 5.75 Å². The van der Waals surface area contributed by atoms with Crippen molar-refractivity contribution in [2.24, 2.45) is 0 Å². The number of thiazole rings is 1. The van der Waals surface area contributed by atoms with Gasteiger partial charge in [-0.1, -0.05) is 0 Å². The van der Waals surface area contributed by atoms with Crippen molar-refractivity contribution in [1.82, 2.24) is 14.8 Å². The van der Waals surface area contributed by atoms with Crippen LogP contribution < -0.4 is 4.74 Å². The summed E-state index contributed by atoms with van der Waals surface area (Å²) >= 11 is 1.40. The highest BCUT2D eigenvalue weighted by Gasteiger charge is 2.23. The summed E-state index contributed by atoms with van der Waals surface area (Å²) < 4.78 is 6.85. The van der Waals surface area contributed by atoms with Crippen molar-refractivity contribution in [1.29, 1.82) is 0 Å². The Hall–Kier alpha value is -1.69. The molecule has 0 spiro atoms. The summed E-state index contributed by atoms with van der Waals surface area (Å²) in [5.41, 5.74) is 1.25. The number of nitrogens with zero attached hydrogens (tertiary/aromatic N) is 3. The number of hydrogen-bond acceptors (Lipinski definition) is 5. The van der Waals surface area contributed by atoms with E-state index in [4.69, 9.17) is 4.74 Å². The van der Waals surface area contributed by atoms with Gasteiger partial charge >= 0.3 is 0 Å². The molecule has 0 saturated carbocycles. The molecule has 0 fully saturated rings. The largest absolute Gasteiger partial charge is 0.493 e. The molecular weight excluding hydrogens is 250 g/mol. The molecule has 0 N–H and O–H groups in total. The predicted octanol–water partition coefficient (Wildman–Crippen LogP) is 2.22. The molecule has 0 unspecified atom stereocenters. The Labute approximate surface area is 109 Å². The summed E-state index contributed by atoms with van der Waals surface area (Å²) in [6.07, 6.45) is 1.57. The lowest BCUT2D eigenvalue weighted by Gasteiger charge is -2.05. The number of rotatable bonds is 4. The van der Waals surface area contributed by atoms with Crippen LogP contribution in [0.3, 0.4) is 0 Å². The van der Waals surface area contributed by atoms with Crippen LogP contribution in [0.4, 0.5) is 0 Å². The minimum atomic E-state index is -0.0747. The molecule has 0 aromatic carbocycles. The lowest BCUT2D eigenvalue weighted by molar-refractivity contribution is 0.102. The molecule has 0 bridgehead atoms. The first kappa shape index (κ1) is 12.8. The molecule has 18 heavy (non-hydrogen) atoms. The third-order valence-corrected chi connectivity index (χ3v) is 3.72. The SMILES string of the molecule is CCn1ncc(OC)c1C(=O)c1sc(C)nc1C. The molecule has 0 atom stereocenters. The minimum Gasteiger partial charge on any atom is -0.493 e. The van der Waals surface area contributed by atoms with Crippen LogP contribution in [-0.2, 0) is 6.54 Å². The zero-order valence-corrected chi connectivity index (χ0v) is 11.7. The molecule has 0 aliphatic carbocycles. The Balaban J connectivity index is 2.51. The molecule has 2 rings (SSSR count). The van der Waals surface area contributed by atoms with Gasteiger partial charge in [0.05, 0.1) is 28.9 Å². The predicted molar refractivity (Wildman–Crippen MR) is 69.5 cm³/mol. The summed E-state index contributed by atoms with van der Waals surface area (Å²) in [5, 5.41) is 5.03. The maximum atomic E-state index is 12.5. The van der Waals surface area contributed by atoms with E-state index in [1.807, 2.05) is 20.8 Å². The number of carbonyl (C=O) groups is 1. The van der Waals surface area contributed by atoms with E-state index in [1.165, 1.54) is 11.3 Å². The Bertz CT molecular complexity index is 565. The number of ketones is 1.